The molecule has 0 atom stereocenters. The SMILES string of the molecule is COc1ccccc1-n1nnnc1SCc1nc(-c2ccccc2C)no1. The van der Waals surface area contributed by atoms with Gasteiger partial charge in [-0.05, 0) is 35.0 Å². The Labute approximate surface area is 159 Å². The highest BCUT2D eigenvalue weighted by Gasteiger charge is 2.16. The lowest BCUT2D eigenvalue weighted by Crippen LogP contribution is -2.01. The molecule has 0 aliphatic rings. The lowest BCUT2D eigenvalue weighted by atomic mass is 10.1. The van der Waals surface area contributed by atoms with Gasteiger partial charge in [-0.1, -0.05) is 53.3 Å². The van der Waals surface area contributed by atoms with Crippen LogP contribution in [0.1, 0.15) is 11.5 Å². The van der Waals surface area contributed by atoms with Crippen molar-refractivity contribution in [3.8, 4) is 22.8 Å². The van der Waals surface area contributed by atoms with Crippen molar-refractivity contribution >= 4 is 11.8 Å². The molecule has 136 valence electrons. The highest BCUT2D eigenvalue weighted by molar-refractivity contribution is 7.98. The summed E-state index contributed by atoms with van der Waals surface area (Å²) in [6.07, 6.45) is 0. The van der Waals surface area contributed by atoms with E-state index < -0.39 is 0 Å². The third kappa shape index (κ3) is 3.54. The first-order valence-corrected chi connectivity index (χ1v) is 9.18. The summed E-state index contributed by atoms with van der Waals surface area (Å²) in [5.74, 6) is 2.22. The number of benzene rings is 2. The molecule has 0 saturated heterocycles. The van der Waals surface area contributed by atoms with Crippen molar-refractivity contribution in [2.24, 2.45) is 0 Å². The summed E-state index contributed by atoms with van der Waals surface area (Å²) in [6.45, 7) is 2.02. The number of para-hydroxylation sites is 2. The molecule has 4 rings (SSSR count). The Morgan fingerprint density at radius 3 is 2.78 bits per heavy atom. The number of hydrogen-bond acceptors (Lipinski definition) is 8. The molecule has 2 heterocycles. The molecule has 27 heavy (non-hydrogen) atoms. The van der Waals surface area contributed by atoms with Crippen molar-refractivity contribution in [2.75, 3.05) is 7.11 Å². The second-order valence-corrected chi connectivity index (χ2v) is 6.60. The van der Waals surface area contributed by atoms with E-state index in [1.54, 1.807) is 11.8 Å². The van der Waals surface area contributed by atoms with Crippen molar-refractivity contribution in [1.29, 1.82) is 0 Å². The average Bonchev–Trinajstić information content (AvgIpc) is 3.36. The van der Waals surface area contributed by atoms with E-state index in [0.717, 1.165) is 16.8 Å². The summed E-state index contributed by atoms with van der Waals surface area (Å²) in [5.41, 5.74) is 2.81. The molecule has 0 spiro atoms. The van der Waals surface area contributed by atoms with Crippen LogP contribution in [0.3, 0.4) is 0 Å². The van der Waals surface area contributed by atoms with Gasteiger partial charge in [-0.15, -0.1) is 5.10 Å². The third-order valence-corrected chi connectivity index (χ3v) is 4.84. The minimum absolute atomic E-state index is 0.453. The average molecular weight is 380 g/mol. The second-order valence-electron chi connectivity index (χ2n) is 5.66. The predicted octanol–water partition coefficient (Wildman–Crippen LogP) is 3.32. The van der Waals surface area contributed by atoms with Gasteiger partial charge in [0, 0.05) is 5.56 Å². The Balaban J connectivity index is 1.53. The maximum atomic E-state index is 5.38. The number of ether oxygens (including phenoxy) is 1. The van der Waals surface area contributed by atoms with Crippen molar-refractivity contribution in [3.63, 3.8) is 0 Å². The molecule has 0 aliphatic carbocycles. The van der Waals surface area contributed by atoms with Crippen LogP contribution in [0.25, 0.3) is 17.1 Å². The van der Waals surface area contributed by atoms with Crippen LogP contribution >= 0.6 is 11.8 Å². The fourth-order valence-electron chi connectivity index (χ4n) is 2.60. The number of methoxy groups -OCH3 is 1. The molecule has 8 nitrogen and oxygen atoms in total. The van der Waals surface area contributed by atoms with Crippen LogP contribution in [-0.2, 0) is 5.75 Å². The van der Waals surface area contributed by atoms with E-state index in [1.165, 1.54) is 11.8 Å². The lowest BCUT2D eigenvalue weighted by molar-refractivity contribution is 0.391. The standard InChI is InChI=1S/C18H16N6O2S/c1-12-7-3-4-8-13(12)17-19-16(26-21-17)11-27-18-20-22-23-24(18)14-9-5-6-10-15(14)25-2/h3-10H,11H2,1-2H3. The number of rotatable bonds is 6. The first-order valence-electron chi connectivity index (χ1n) is 8.19. The van der Waals surface area contributed by atoms with Crippen LogP contribution in [0.5, 0.6) is 5.75 Å². The summed E-state index contributed by atoms with van der Waals surface area (Å²) in [7, 11) is 1.61. The normalized spacial score (nSPS) is 10.9. The first-order chi connectivity index (χ1) is 13.3. The Hall–Kier alpha value is -3.20. The zero-order chi connectivity index (χ0) is 18.6. The molecule has 0 fully saturated rings. The van der Waals surface area contributed by atoms with E-state index in [9.17, 15) is 0 Å². The minimum atomic E-state index is 0.453. The van der Waals surface area contributed by atoms with E-state index in [4.69, 9.17) is 9.26 Å². The molecule has 2 aromatic heterocycles. The molecule has 0 saturated carbocycles. The van der Waals surface area contributed by atoms with E-state index >= 15 is 0 Å². The van der Waals surface area contributed by atoms with Crippen LogP contribution < -0.4 is 4.74 Å². The van der Waals surface area contributed by atoms with Crippen LogP contribution in [0.4, 0.5) is 0 Å². The van der Waals surface area contributed by atoms with Crippen molar-refractivity contribution in [1.82, 2.24) is 30.3 Å². The maximum absolute atomic E-state index is 5.38. The Morgan fingerprint density at radius 2 is 1.93 bits per heavy atom. The summed E-state index contributed by atoms with van der Waals surface area (Å²) < 4.78 is 12.4. The van der Waals surface area contributed by atoms with E-state index in [2.05, 4.69) is 25.7 Å². The van der Waals surface area contributed by atoms with Crippen LogP contribution in [0.15, 0.2) is 58.2 Å². The van der Waals surface area contributed by atoms with E-state index in [-0.39, 0.29) is 0 Å². The van der Waals surface area contributed by atoms with Gasteiger partial charge >= 0.3 is 0 Å². The molecule has 0 aliphatic heterocycles. The minimum Gasteiger partial charge on any atom is -0.494 e. The Morgan fingerprint density at radius 1 is 1.11 bits per heavy atom. The number of tetrazole rings is 1. The fraction of sp³-hybridized carbons (Fsp3) is 0.167. The zero-order valence-electron chi connectivity index (χ0n) is 14.7. The summed E-state index contributed by atoms with van der Waals surface area (Å²) >= 11 is 1.41. The summed E-state index contributed by atoms with van der Waals surface area (Å²) in [5, 5.41) is 16.6. The molecular weight excluding hydrogens is 364 g/mol. The Bertz CT molecular complexity index is 1060. The van der Waals surface area contributed by atoms with Crippen LogP contribution in [-0.4, -0.2) is 37.5 Å². The number of hydrogen-bond donors (Lipinski definition) is 0. The molecule has 0 radical (unpaired) electrons. The van der Waals surface area contributed by atoms with Gasteiger partial charge < -0.3 is 9.26 Å². The van der Waals surface area contributed by atoms with Gasteiger partial charge in [0.15, 0.2) is 0 Å². The van der Waals surface area contributed by atoms with Crippen LogP contribution in [0.2, 0.25) is 0 Å². The molecule has 2 aromatic carbocycles. The van der Waals surface area contributed by atoms with Crippen molar-refractivity contribution < 1.29 is 9.26 Å². The second kappa shape index (κ2) is 7.58. The zero-order valence-corrected chi connectivity index (χ0v) is 15.6. The van der Waals surface area contributed by atoms with Gasteiger partial charge in [-0.25, -0.2) is 0 Å². The highest BCUT2D eigenvalue weighted by Crippen LogP contribution is 2.28. The van der Waals surface area contributed by atoms with Gasteiger partial charge in [0.1, 0.15) is 11.4 Å². The lowest BCUT2D eigenvalue weighted by Gasteiger charge is -2.08. The maximum Gasteiger partial charge on any atom is 0.237 e. The molecule has 0 unspecified atom stereocenters. The summed E-state index contributed by atoms with van der Waals surface area (Å²) in [4.78, 5) is 4.48. The van der Waals surface area contributed by atoms with Gasteiger partial charge in [0.25, 0.3) is 0 Å². The van der Waals surface area contributed by atoms with Crippen molar-refractivity contribution in [3.05, 3.63) is 60.0 Å². The largest absolute Gasteiger partial charge is 0.494 e. The number of aromatic nitrogens is 6. The molecule has 0 N–H and O–H groups in total. The monoisotopic (exact) mass is 380 g/mol. The quantitative estimate of drug-likeness (QED) is 0.470. The number of aryl methyl sites for hydroxylation is 1. The van der Waals surface area contributed by atoms with E-state index in [1.807, 2.05) is 55.5 Å². The number of thioether (sulfide) groups is 1. The molecule has 0 amide bonds. The van der Waals surface area contributed by atoms with Gasteiger partial charge in [-0.3, -0.25) is 0 Å². The van der Waals surface area contributed by atoms with Crippen LogP contribution in [0, 0.1) is 6.92 Å². The topological polar surface area (TPSA) is 91.8 Å². The highest BCUT2D eigenvalue weighted by atomic mass is 32.2. The fourth-order valence-corrected chi connectivity index (χ4v) is 3.32. The number of nitrogens with zero attached hydrogens (tertiary/aromatic N) is 6. The van der Waals surface area contributed by atoms with Crippen molar-refractivity contribution in [2.45, 2.75) is 17.8 Å². The smallest absolute Gasteiger partial charge is 0.237 e. The Kier molecular flexibility index (Phi) is 4.84. The van der Waals surface area contributed by atoms with E-state index in [0.29, 0.717) is 28.4 Å². The molecule has 0 bridgehead atoms. The first kappa shape index (κ1) is 17.2. The van der Waals surface area contributed by atoms with Gasteiger partial charge in [-0.2, -0.15) is 9.67 Å². The van der Waals surface area contributed by atoms with Gasteiger partial charge in [0.05, 0.1) is 12.9 Å². The predicted molar refractivity (Wildman–Crippen MR) is 99.7 cm³/mol. The van der Waals surface area contributed by atoms with Gasteiger partial charge in [0.2, 0.25) is 16.9 Å². The molecule has 4 aromatic rings. The third-order valence-electron chi connectivity index (χ3n) is 3.93. The molecule has 9 heteroatoms. The summed E-state index contributed by atoms with van der Waals surface area (Å²) in [6, 6.07) is 15.5. The molecular formula is C18H16N6O2S.